The van der Waals surface area contributed by atoms with Gasteiger partial charge in [0, 0.05) is 12.4 Å². The third kappa shape index (κ3) is 3.10. The van der Waals surface area contributed by atoms with Gasteiger partial charge >= 0.3 is 5.97 Å². The van der Waals surface area contributed by atoms with Crippen molar-refractivity contribution in [3.8, 4) is 0 Å². The summed E-state index contributed by atoms with van der Waals surface area (Å²) < 4.78 is 0. The fourth-order valence-corrected chi connectivity index (χ4v) is 2.61. The van der Waals surface area contributed by atoms with Gasteiger partial charge in [-0.05, 0) is 31.4 Å². The lowest BCUT2D eigenvalue weighted by molar-refractivity contribution is -0.146. The average molecular weight is 262 g/mol. The Kier molecular flexibility index (Phi) is 4.14. The molecule has 102 valence electrons. The van der Waals surface area contributed by atoms with Crippen molar-refractivity contribution in [3.63, 3.8) is 0 Å². The molecule has 0 aromatic carbocycles. The topological polar surface area (TPSA) is 79.3 Å². The molecule has 1 aromatic heterocycles. The van der Waals surface area contributed by atoms with Gasteiger partial charge in [0.25, 0.3) is 0 Å². The number of nitrogens with one attached hydrogen (secondary N) is 1. The quantitative estimate of drug-likeness (QED) is 0.866. The van der Waals surface area contributed by atoms with Crippen molar-refractivity contribution in [1.29, 1.82) is 0 Å². The normalized spacial score (nSPS) is 23.8. The van der Waals surface area contributed by atoms with Crippen molar-refractivity contribution in [3.05, 3.63) is 30.1 Å². The predicted molar refractivity (Wildman–Crippen MR) is 69.3 cm³/mol. The number of rotatable bonds is 4. The van der Waals surface area contributed by atoms with Crippen LogP contribution in [-0.2, 0) is 9.59 Å². The fourth-order valence-electron chi connectivity index (χ4n) is 2.61. The standard InChI is InChI=1S/C14H18N2O3/c1-9(10-4-3-7-15-8-10)16-13(17)11-5-2-6-12(11)14(18)19/h3-4,7-9,11-12H,2,5-6H2,1H3,(H,16,17)(H,18,19)/t9-,11?,12?/m0/s1. The number of carboxylic acids is 1. The lowest BCUT2D eigenvalue weighted by atomic mass is 9.95. The molecule has 0 radical (unpaired) electrons. The summed E-state index contributed by atoms with van der Waals surface area (Å²) in [6.07, 6.45) is 5.43. The zero-order valence-electron chi connectivity index (χ0n) is 10.9. The van der Waals surface area contributed by atoms with Crippen molar-refractivity contribution < 1.29 is 14.7 Å². The molecule has 1 fully saturated rings. The van der Waals surface area contributed by atoms with E-state index in [1.54, 1.807) is 12.4 Å². The van der Waals surface area contributed by atoms with Crippen LogP contribution in [0.5, 0.6) is 0 Å². The first-order chi connectivity index (χ1) is 9.09. The molecule has 2 unspecified atom stereocenters. The second kappa shape index (κ2) is 5.82. The van der Waals surface area contributed by atoms with Gasteiger partial charge < -0.3 is 10.4 Å². The minimum absolute atomic E-state index is 0.156. The van der Waals surface area contributed by atoms with Crippen molar-refractivity contribution in [2.45, 2.75) is 32.2 Å². The average Bonchev–Trinajstić information content (AvgIpc) is 2.89. The predicted octanol–water partition coefficient (Wildman–Crippen LogP) is 1.76. The molecule has 1 amide bonds. The summed E-state index contributed by atoms with van der Waals surface area (Å²) in [5.41, 5.74) is 0.917. The van der Waals surface area contributed by atoms with Crippen LogP contribution in [0, 0.1) is 11.8 Å². The van der Waals surface area contributed by atoms with E-state index < -0.39 is 17.8 Å². The number of carboxylic acid groups (broad SMARTS) is 1. The van der Waals surface area contributed by atoms with Gasteiger partial charge in [-0.25, -0.2) is 0 Å². The molecule has 1 saturated carbocycles. The molecule has 5 heteroatoms. The van der Waals surface area contributed by atoms with E-state index in [1.807, 2.05) is 19.1 Å². The molecular weight excluding hydrogens is 244 g/mol. The highest BCUT2D eigenvalue weighted by molar-refractivity contribution is 5.85. The highest BCUT2D eigenvalue weighted by Crippen LogP contribution is 2.32. The third-order valence-corrected chi connectivity index (χ3v) is 3.71. The zero-order chi connectivity index (χ0) is 13.8. The number of aliphatic carboxylic acids is 1. The summed E-state index contributed by atoms with van der Waals surface area (Å²) >= 11 is 0. The van der Waals surface area contributed by atoms with Gasteiger partial charge in [-0.15, -0.1) is 0 Å². The zero-order valence-corrected chi connectivity index (χ0v) is 10.9. The summed E-state index contributed by atoms with van der Waals surface area (Å²) in [7, 11) is 0. The third-order valence-electron chi connectivity index (χ3n) is 3.71. The summed E-state index contributed by atoms with van der Waals surface area (Å²) in [6, 6.07) is 3.55. The largest absolute Gasteiger partial charge is 0.481 e. The maximum Gasteiger partial charge on any atom is 0.307 e. The Morgan fingerprint density at radius 3 is 2.79 bits per heavy atom. The van der Waals surface area contributed by atoms with Crippen LogP contribution in [0.1, 0.15) is 37.8 Å². The maximum absolute atomic E-state index is 12.1. The smallest absolute Gasteiger partial charge is 0.307 e. The van der Waals surface area contributed by atoms with Gasteiger partial charge in [0.15, 0.2) is 0 Å². The molecular formula is C14H18N2O3. The highest BCUT2D eigenvalue weighted by Gasteiger charge is 2.38. The van der Waals surface area contributed by atoms with Crippen LogP contribution in [0.4, 0.5) is 0 Å². The Balaban J connectivity index is 1.99. The van der Waals surface area contributed by atoms with Crippen molar-refractivity contribution in [2.24, 2.45) is 11.8 Å². The Hall–Kier alpha value is -1.91. The molecule has 0 aliphatic heterocycles. The Bertz CT molecular complexity index is 461. The number of amides is 1. The number of carbonyl (C=O) groups is 2. The lowest BCUT2D eigenvalue weighted by Crippen LogP contribution is -2.36. The van der Waals surface area contributed by atoms with Crippen LogP contribution in [0.25, 0.3) is 0 Å². The number of pyridine rings is 1. The molecule has 2 rings (SSSR count). The van der Waals surface area contributed by atoms with Gasteiger partial charge in [-0.1, -0.05) is 12.5 Å². The molecule has 19 heavy (non-hydrogen) atoms. The highest BCUT2D eigenvalue weighted by atomic mass is 16.4. The van der Waals surface area contributed by atoms with Crippen LogP contribution in [0.2, 0.25) is 0 Å². The molecule has 0 bridgehead atoms. The second-order valence-electron chi connectivity index (χ2n) is 5.00. The van der Waals surface area contributed by atoms with Gasteiger partial charge in [0.05, 0.1) is 17.9 Å². The first-order valence-corrected chi connectivity index (χ1v) is 6.52. The summed E-state index contributed by atoms with van der Waals surface area (Å²) in [5.74, 6) is -1.98. The number of aromatic nitrogens is 1. The van der Waals surface area contributed by atoms with Gasteiger partial charge in [0.2, 0.25) is 5.91 Å². The van der Waals surface area contributed by atoms with Crippen LogP contribution >= 0.6 is 0 Å². The van der Waals surface area contributed by atoms with E-state index >= 15 is 0 Å². The van der Waals surface area contributed by atoms with Crippen LogP contribution in [-0.4, -0.2) is 22.0 Å². The molecule has 1 aliphatic carbocycles. The van der Waals surface area contributed by atoms with Gasteiger partial charge in [-0.3, -0.25) is 14.6 Å². The fraction of sp³-hybridized carbons (Fsp3) is 0.500. The molecule has 1 aliphatic rings. The lowest BCUT2D eigenvalue weighted by Gasteiger charge is -2.19. The van der Waals surface area contributed by atoms with Crippen molar-refractivity contribution in [1.82, 2.24) is 10.3 Å². The number of carbonyl (C=O) groups excluding carboxylic acids is 1. The first-order valence-electron chi connectivity index (χ1n) is 6.52. The Morgan fingerprint density at radius 1 is 1.42 bits per heavy atom. The van der Waals surface area contributed by atoms with Crippen LogP contribution in [0.15, 0.2) is 24.5 Å². The van der Waals surface area contributed by atoms with E-state index in [1.165, 1.54) is 0 Å². The Morgan fingerprint density at radius 2 is 2.16 bits per heavy atom. The number of nitrogens with zero attached hydrogens (tertiary/aromatic N) is 1. The van der Waals surface area contributed by atoms with E-state index in [-0.39, 0.29) is 11.9 Å². The summed E-state index contributed by atoms with van der Waals surface area (Å²) in [6.45, 7) is 1.87. The monoisotopic (exact) mass is 262 g/mol. The van der Waals surface area contributed by atoms with E-state index in [9.17, 15) is 9.59 Å². The molecule has 2 N–H and O–H groups in total. The van der Waals surface area contributed by atoms with Crippen molar-refractivity contribution >= 4 is 11.9 Å². The minimum atomic E-state index is -0.869. The molecule has 0 spiro atoms. The summed E-state index contributed by atoms with van der Waals surface area (Å²) in [4.78, 5) is 27.2. The van der Waals surface area contributed by atoms with Crippen LogP contribution < -0.4 is 5.32 Å². The molecule has 3 atom stereocenters. The van der Waals surface area contributed by atoms with E-state index in [0.29, 0.717) is 12.8 Å². The molecule has 1 aromatic rings. The second-order valence-corrected chi connectivity index (χ2v) is 5.00. The van der Waals surface area contributed by atoms with Gasteiger partial charge in [0.1, 0.15) is 0 Å². The van der Waals surface area contributed by atoms with Gasteiger partial charge in [-0.2, -0.15) is 0 Å². The maximum atomic E-state index is 12.1. The number of hydrogen-bond donors (Lipinski definition) is 2. The number of hydrogen-bond acceptors (Lipinski definition) is 3. The molecule has 1 heterocycles. The summed E-state index contributed by atoms with van der Waals surface area (Å²) in [5, 5.41) is 12.0. The Labute approximate surface area is 112 Å². The SMILES string of the molecule is C[C@H](NC(=O)C1CCCC1C(=O)O)c1cccnc1. The minimum Gasteiger partial charge on any atom is -0.481 e. The molecule has 5 nitrogen and oxygen atoms in total. The first kappa shape index (κ1) is 13.5. The van der Waals surface area contributed by atoms with Crippen molar-refractivity contribution in [2.75, 3.05) is 0 Å². The van der Waals surface area contributed by atoms with Crippen LogP contribution in [0.3, 0.4) is 0 Å². The van der Waals surface area contributed by atoms with E-state index in [2.05, 4.69) is 10.3 Å². The van der Waals surface area contributed by atoms with E-state index in [0.717, 1.165) is 12.0 Å². The van der Waals surface area contributed by atoms with E-state index in [4.69, 9.17) is 5.11 Å². The molecule has 0 saturated heterocycles.